The molecule has 0 aliphatic carbocycles. The molecule has 2 N–H and O–H groups in total. The van der Waals surface area contributed by atoms with Crippen molar-refractivity contribution in [2.24, 2.45) is 0 Å². The van der Waals surface area contributed by atoms with Gasteiger partial charge in [-0.3, -0.25) is 14.2 Å². The topological polar surface area (TPSA) is 105 Å². The zero-order chi connectivity index (χ0) is 25.9. The molecule has 0 saturated heterocycles. The van der Waals surface area contributed by atoms with Gasteiger partial charge in [-0.05, 0) is 46.8 Å². The van der Waals surface area contributed by atoms with Gasteiger partial charge in [0.2, 0.25) is 10.0 Å². The molecule has 36 heavy (non-hydrogen) atoms. The van der Waals surface area contributed by atoms with E-state index < -0.39 is 10.0 Å². The molecule has 0 aliphatic rings. The van der Waals surface area contributed by atoms with Crippen LogP contribution < -0.4 is 10.3 Å². The van der Waals surface area contributed by atoms with Crippen LogP contribution in [0.3, 0.4) is 0 Å². The molecule has 0 amide bonds. The van der Waals surface area contributed by atoms with Crippen LogP contribution in [0.25, 0.3) is 21.9 Å². The lowest BCUT2D eigenvalue weighted by molar-refractivity contribution is 0.0979. The molecule has 1 aromatic heterocycles. The SMILES string of the molecule is CCC(=O)c1c(-c2ccccc2)c2cc(Br)ccc2c(=O)n1Cc1ccc(S(=O)(=O)NCCO)cc1. The summed E-state index contributed by atoms with van der Waals surface area (Å²) in [6.45, 7) is 1.46. The van der Waals surface area contributed by atoms with Crippen molar-refractivity contribution in [1.82, 2.24) is 9.29 Å². The van der Waals surface area contributed by atoms with Gasteiger partial charge in [-0.1, -0.05) is 65.3 Å². The quantitative estimate of drug-likeness (QED) is 0.292. The van der Waals surface area contributed by atoms with Crippen molar-refractivity contribution >= 4 is 42.5 Å². The molecule has 0 unspecified atom stereocenters. The lowest BCUT2D eigenvalue weighted by atomic mass is 9.94. The van der Waals surface area contributed by atoms with Crippen LogP contribution in [0.5, 0.6) is 0 Å². The molecule has 0 bridgehead atoms. The maximum absolute atomic E-state index is 13.7. The summed E-state index contributed by atoms with van der Waals surface area (Å²) in [7, 11) is -3.76. The van der Waals surface area contributed by atoms with Gasteiger partial charge in [-0.15, -0.1) is 0 Å². The van der Waals surface area contributed by atoms with Gasteiger partial charge in [0, 0.05) is 28.4 Å². The molecule has 0 radical (unpaired) electrons. The van der Waals surface area contributed by atoms with Crippen LogP contribution in [0.2, 0.25) is 0 Å². The number of carbonyl (C=O) groups is 1. The minimum Gasteiger partial charge on any atom is -0.395 e. The largest absolute Gasteiger partial charge is 0.395 e. The van der Waals surface area contributed by atoms with Crippen molar-refractivity contribution in [1.29, 1.82) is 0 Å². The van der Waals surface area contributed by atoms with E-state index in [1.165, 1.54) is 16.7 Å². The first-order valence-corrected chi connectivity index (χ1v) is 13.7. The summed E-state index contributed by atoms with van der Waals surface area (Å²) in [4.78, 5) is 27.0. The second-order valence-electron chi connectivity index (χ2n) is 8.21. The van der Waals surface area contributed by atoms with E-state index in [9.17, 15) is 18.0 Å². The highest BCUT2D eigenvalue weighted by molar-refractivity contribution is 9.10. The molecule has 0 fully saturated rings. The second-order valence-corrected chi connectivity index (χ2v) is 10.9. The maximum Gasteiger partial charge on any atom is 0.259 e. The number of ketones is 1. The monoisotopic (exact) mass is 568 g/mol. The van der Waals surface area contributed by atoms with E-state index in [0.29, 0.717) is 27.6 Å². The molecule has 7 nitrogen and oxygen atoms in total. The fourth-order valence-electron chi connectivity index (χ4n) is 4.14. The summed E-state index contributed by atoms with van der Waals surface area (Å²) in [6, 6.07) is 21.0. The molecular weight excluding hydrogens is 544 g/mol. The molecule has 9 heteroatoms. The van der Waals surface area contributed by atoms with Gasteiger partial charge in [-0.25, -0.2) is 13.1 Å². The van der Waals surface area contributed by atoms with Crippen LogP contribution in [0.1, 0.15) is 29.4 Å². The van der Waals surface area contributed by atoms with Crippen LogP contribution in [-0.2, 0) is 16.6 Å². The average molecular weight is 569 g/mol. The van der Waals surface area contributed by atoms with Crippen LogP contribution in [0, 0.1) is 0 Å². The lowest BCUT2D eigenvalue weighted by Gasteiger charge is -2.19. The number of carbonyl (C=O) groups excluding carboxylic acids is 1. The Morgan fingerprint density at radius 2 is 1.69 bits per heavy atom. The lowest BCUT2D eigenvalue weighted by Crippen LogP contribution is -2.28. The van der Waals surface area contributed by atoms with Crippen molar-refractivity contribution in [3.05, 3.63) is 98.9 Å². The van der Waals surface area contributed by atoms with Crippen molar-refractivity contribution < 1.29 is 18.3 Å². The zero-order valence-corrected chi connectivity index (χ0v) is 22.0. The van der Waals surface area contributed by atoms with E-state index >= 15 is 0 Å². The number of nitrogens with zero attached hydrogens (tertiary/aromatic N) is 1. The minimum atomic E-state index is -3.76. The predicted molar refractivity (Wildman–Crippen MR) is 144 cm³/mol. The van der Waals surface area contributed by atoms with E-state index in [2.05, 4.69) is 20.7 Å². The molecule has 3 aromatic carbocycles. The third-order valence-corrected chi connectivity index (χ3v) is 7.83. The van der Waals surface area contributed by atoms with E-state index in [4.69, 9.17) is 5.11 Å². The zero-order valence-electron chi connectivity index (χ0n) is 19.6. The second kappa shape index (κ2) is 10.9. The van der Waals surface area contributed by atoms with Crippen LogP contribution >= 0.6 is 15.9 Å². The van der Waals surface area contributed by atoms with Crippen LogP contribution in [0.15, 0.2) is 87.0 Å². The van der Waals surface area contributed by atoms with Gasteiger partial charge in [0.1, 0.15) is 0 Å². The molecular formula is C27H25BrN2O5S. The molecule has 0 atom stereocenters. The third-order valence-electron chi connectivity index (χ3n) is 5.86. The Morgan fingerprint density at radius 3 is 2.33 bits per heavy atom. The van der Waals surface area contributed by atoms with Gasteiger partial charge >= 0.3 is 0 Å². The smallest absolute Gasteiger partial charge is 0.259 e. The number of nitrogens with one attached hydrogen (secondary N) is 1. The van der Waals surface area contributed by atoms with Crippen LogP contribution in [-0.4, -0.2) is 37.0 Å². The summed E-state index contributed by atoms with van der Waals surface area (Å²) < 4.78 is 29.3. The summed E-state index contributed by atoms with van der Waals surface area (Å²) in [6.07, 6.45) is 0.215. The molecule has 4 aromatic rings. The summed E-state index contributed by atoms with van der Waals surface area (Å²) in [5.74, 6) is -0.166. The number of aliphatic hydroxyl groups is 1. The number of hydrogen-bond acceptors (Lipinski definition) is 5. The number of halogens is 1. The molecule has 0 aliphatic heterocycles. The number of benzene rings is 3. The fourth-order valence-corrected chi connectivity index (χ4v) is 5.53. The minimum absolute atomic E-state index is 0.0465. The van der Waals surface area contributed by atoms with Crippen molar-refractivity contribution in [2.75, 3.05) is 13.2 Å². The van der Waals surface area contributed by atoms with E-state index in [1.807, 2.05) is 36.4 Å². The van der Waals surface area contributed by atoms with Crippen molar-refractivity contribution in [3.8, 4) is 11.1 Å². The number of fused-ring (bicyclic) bond motifs is 1. The summed E-state index contributed by atoms with van der Waals surface area (Å²) in [5.41, 5.74) is 2.20. The molecule has 4 rings (SSSR count). The van der Waals surface area contributed by atoms with Gasteiger partial charge in [0.15, 0.2) is 5.78 Å². The molecule has 1 heterocycles. The maximum atomic E-state index is 13.7. The number of pyridine rings is 1. The van der Waals surface area contributed by atoms with Gasteiger partial charge < -0.3 is 5.11 Å². The van der Waals surface area contributed by atoms with Crippen LogP contribution in [0.4, 0.5) is 0 Å². The Labute approximate surface area is 217 Å². The first kappa shape index (κ1) is 26.0. The number of aromatic nitrogens is 1. The van der Waals surface area contributed by atoms with Gasteiger partial charge in [0.05, 0.1) is 23.7 Å². The predicted octanol–water partition coefficient (Wildman–Crippen LogP) is 4.34. The average Bonchev–Trinajstić information content (AvgIpc) is 2.89. The van der Waals surface area contributed by atoms with Gasteiger partial charge in [-0.2, -0.15) is 0 Å². The first-order chi connectivity index (χ1) is 17.3. The molecule has 0 spiro atoms. The normalized spacial score (nSPS) is 11.6. The summed E-state index contributed by atoms with van der Waals surface area (Å²) in [5, 5.41) is 10.1. The Balaban J connectivity index is 1.92. The Bertz CT molecular complexity index is 1580. The highest BCUT2D eigenvalue weighted by atomic mass is 79.9. The van der Waals surface area contributed by atoms with Crippen molar-refractivity contribution in [2.45, 2.75) is 24.8 Å². The third kappa shape index (κ3) is 5.19. The summed E-state index contributed by atoms with van der Waals surface area (Å²) >= 11 is 3.49. The molecule has 0 saturated carbocycles. The highest BCUT2D eigenvalue weighted by Crippen LogP contribution is 2.33. The van der Waals surface area contributed by atoms with Crippen molar-refractivity contribution in [3.63, 3.8) is 0 Å². The van der Waals surface area contributed by atoms with Gasteiger partial charge in [0.25, 0.3) is 5.56 Å². The standard InChI is InChI=1S/C27H25BrN2O5S/c1-2-24(32)26-25(19-6-4-3-5-7-19)23-16-20(28)10-13-22(23)27(33)30(26)17-18-8-11-21(12-9-18)36(34,35)29-14-15-31/h3-13,16,29,31H,2,14-15,17H2,1H3. The van der Waals surface area contributed by atoms with E-state index in [-0.39, 0.29) is 42.4 Å². The Hall–Kier alpha value is -3.11. The number of sulfonamides is 1. The first-order valence-electron chi connectivity index (χ1n) is 11.4. The van der Waals surface area contributed by atoms with E-state index in [1.54, 1.807) is 31.2 Å². The fraction of sp³-hybridized carbons (Fsp3) is 0.185. The number of rotatable bonds is 9. The number of Topliss-reactive ketones (excluding diaryl/α,β-unsaturated/α-hetero) is 1. The Morgan fingerprint density at radius 1 is 1.00 bits per heavy atom. The number of aliphatic hydroxyl groups excluding tert-OH is 1. The molecule has 186 valence electrons. The Kier molecular flexibility index (Phi) is 7.85. The highest BCUT2D eigenvalue weighted by Gasteiger charge is 2.23. The van der Waals surface area contributed by atoms with E-state index in [0.717, 1.165) is 10.0 Å². The number of hydrogen-bond donors (Lipinski definition) is 2.